The molecule has 0 unspecified atom stereocenters. The van der Waals surface area contributed by atoms with Crippen molar-refractivity contribution < 1.29 is 14.3 Å². The van der Waals surface area contributed by atoms with Crippen LogP contribution in [-0.4, -0.2) is 25.5 Å². The predicted molar refractivity (Wildman–Crippen MR) is 95.3 cm³/mol. The fourth-order valence-corrected chi connectivity index (χ4v) is 2.83. The Balaban J connectivity index is 4.41. The van der Waals surface area contributed by atoms with Crippen LogP contribution in [0.25, 0.3) is 0 Å². The summed E-state index contributed by atoms with van der Waals surface area (Å²) in [6, 6.07) is 0. The van der Waals surface area contributed by atoms with Gasteiger partial charge in [0.25, 0.3) is 0 Å². The smallest absolute Gasteiger partial charge is 0.307 e. The summed E-state index contributed by atoms with van der Waals surface area (Å²) in [7, 11) is 1.37. The zero-order valence-electron chi connectivity index (χ0n) is 15.7. The third-order valence-electron chi connectivity index (χ3n) is 4.55. The summed E-state index contributed by atoms with van der Waals surface area (Å²) in [6.07, 6.45) is 11.6. The summed E-state index contributed by atoms with van der Waals surface area (Å²) in [5.41, 5.74) is -0.308. The molecule has 4 heteroatoms. The van der Waals surface area contributed by atoms with Crippen molar-refractivity contribution in [1.29, 1.82) is 0 Å². The molecule has 4 nitrogen and oxygen atoms in total. The molecule has 0 bridgehead atoms. The van der Waals surface area contributed by atoms with Gasteiger partial charge in [-0.2, -0.15) is 0 Å². The van der Waals surface area contributed by atoms with E-state index in [4.69, 9.17) is 0 Å². The van der Waals surface area contributed by atoms with Crippen molar-refractivity contribution in [2.45, 2.75) is 91.4 Å². The standard InChI is InChI=1S/C19H37NO3/c1-5-7-9-11-14-19(3,15-12-10-8-6-2)18(22)20-16-13-17(21)23-4/h5-16H2,1-4H3,(H,20,22). The third kappa shape index (κ3) is 10.4. The van der Waals surface area contributed by atoms with Crippen LogP contribution in [0.15, 0.2) is 0 Å². The highest BCUT2D eigenvalue weighted by atomic mass is 16.5. The van der Waals surface area contributed by atoms with Crippen LogP contribution in [-0.2, 0) is 14.3 Å². The highest BCUT2D eigenvalue weighted by Gasteiger charge is 2.31. The minimum atomic E-state index is -0.308. The van der Waals surface area contributed by atoms with E-state index in [2.05, 4.69) is 30.8 Å². The fourth-order valence-electron chi connectivity index (χ4n) is 2.83. The number of esters is 1. The summed E-state index contributed by atoms with van der Waals surface area (Å²) in [4.78, 5) is 23.8. The second kappa shape index (κ2) is 13.4. The minimum absolute atomic E-state index is 0.0920. The van der Waals surface area contributed by atoms with Gasteiger partial charge in [-0.25, -0.2) is 0 Å². The van der Waals surface area contributed by atoms with Gasteiger partial charge in [0, 0.05) is 12.0 Å². The fraction of sp³-hybridized carbons (Fsp3) is 0.895. The Morgan fingerprint density at radius 3 is 1.87 bits per heavy atom. The molecule has 0 atom stereocenters. The van der Waals surface area contributed by atoms with Gasteiger partial charge in [0.1, 0.15) is 0 Å². The minimum Gasteiger partial charge on any atom is -0.469 e. The van der Waals surface area contributed by atoms with Crippen LogP contribution in [0.1, 0.15) is 91.4 Å². The first-order valence-corrected chi connectivity index (χ1v) is 9.35. The van der Waals surface area contributed by atoms with Crippen LogP contribution < -0.4 is 5.32 Å². The van der Waals surface area contributed by atoms with Gasteiger partial charge in [-0.3, -0.25) is 9.59 Å². The molecule has 0 heterocycles. The van der Waals surface area contributed by atoms with Gasteiger partial charge in [0.05, 0.1) is 13.5 Å². The molecule has 0 spiro atoms. The molecule has 23 heavy (non-hydrogen) atoms. The topological polar surface area (TPSA) is 55.4 Å². The molecular formula is C19H37NO3. The molecule has 136 valence electrons. The van der Waals surface area contributed by atoms with Gasteiger partial charge in [0.15, 0.2) is 0 Å². The Morgan fingerprint density at radius 1 is 0.913 bits per heavy atom. The molecule has 0 fully saturated rings. The first kappa shape index (κ1) is 21.9. The number of nitrogens with one attached hydrogen (secondary N) is 1. The summed E-state index contributed by atoms with van der Waals surface area (Å²) >= 11 is 0. The zero-order valence-corrected chi connectivity index (χ0v) is 15.7. The van der Waals surface area contributed by atoms with Crippen molar-refractivity contribution in [3.8, 4) is 0 Å². The van der Waals surface area contributed by atoms with Crippen LogP contribution in [0.2, 0.25) is 0 Å². The van der Waals surface area contributed by atoms with E-state index in [0.29, 0.717) is 6.54 Å². The molecule has 0 aromatic carbocycles. The number of rotatable bonds is 14. The van der Waals surface area contributed by atoms with Crippen LogP contribution in [0.3, 0.4) is 0 Å². The number of ether oxygens (including phenoxy) is 1. The number of carbonyl (C=O) groups excluding carboxylic acids is 2. The lowest BCUT2D eigenvalue weighted by Crippen LogP contribution is -2.40. The molecule has 0 aromatic heterocycles. The van der Waals surface area contributed by atoms with Gasteiger partial charge in [0.2, 0.25) is 5.91 Å². The maximum Gasteiger partial charge on any atom is 0.307 e. The Hall–Kier alpha value is -1.06. The second-order valence-electron chi connectivity index (χ2n) is 6.76. The Kier molecular flexibility index (Phi) is 12.8. The quantitative estimate of drug-likeness (QED) is 0.374. The van der Waals surface area contributed by atoms with E-state index in [0.717, 1.165) is 25.7 Å². The number of carbonyl (C=O) groups is 2. The van der Waals surface area contributed by atoms with Gasteiger partial charge in [-0.15, -0.1) is 0 Å². The average Bonchev–Trinajstić information content (AvgIpc) is 2.55. The van der Waals surface area contributed by atoms with E-state index >= 15 is 0 Å². The van der Waals surface area contributed by atoms with Crippen LogP contribution in [0, 0.1) is 5.41 Å². The van der Waals surface area contributed by atoms with E-state index in [1.165, 1.54) is 45.6 Å². The maximum absolute atomic E-state index is 12.6. The molecule has 0 aliphatic rings. The highest BCUT2D eigenvalue weighted by Crippen LogP contribution is 2.31. The van der Waals surface area contributed by atoms with Crippen molar-refractivity contribution in [1.82, 2.24) is 5.32 Å². The van der Waals surface area contributed by atoms with E-state index in [1.54, 1.807) is 0 Å². The third-order valence-corrected chi connectivity index (χ3v) is 4.55. The van der Waals surface area contributed by atoms with Crippen LogP contribution >= 0.6 is 0 Å². The molecule has 0 aliphatic carbocycles. The summed E-state index contributed by atoms with van der Waals surface area (Å²) < 4.78 is 4.61. The van der Waals surface area contributed by atoms with Gasteiger partial charge in [-0.05, 0) is 12.8 Å². The van der Waals surface area contributed by atoms with E-state index in [1.807, 2.05) is 0 Å². The number of amides is 1. The maximum atomic E-state index is 12.6. The number of methoxy groups -OCH3 is 1. The Labute approximate surface area is 142 Å². The van der Waals surface area contributed by atoms with E-state index in [9.17, 15) is 9.59 Å². The number of hydrogen-bond acceptors (Lipinski definition) is 3. The van der Waals surface area contributed by atoms with Gasteiger partial charge in [-0.1, -0.05) is 72.1 Å². The number of unbranched alkanes of at least 4 members (excludes halogenated alkanes) is 6. The normalized spacial score (nSPS) is 11.3. The lowest BCUT2D eigenvalue weighted by Gasteiger charge is -2.28. The molecule has 0 saturated carbocycles. The molecule has 0 rings (SSSR count). The van der Waals surface area contributed by atoms with Crippen molar-refractivity contribution >= 4 is 11.9 Å². The van der Waals surface area contributed by atoms with Gasteiger partial charge >= 0.3 is 5.97 Å². The molecular weight excluding hydrogens is 290 g/mol. The van der Waals surface area contributed by atoms with Crippen molar-refractivity contribution in [2.24, 2.45) is 5.41 Å². The van der Waals surface area contributed by atoms with Gasteiger partial charge < -0.3 is 10.1 Å². The zero-order chi connectivity index (χ0) is 17.6. The second-order valence-corrected chi connectivity index (χ2v) is 6.76. The molecule has 1 amide bonds. The number of hydrogen-bond donors (Lipinski definition) is 1. The Bertz CT molecular complexity index is 317. The SMILES string of the molecule is CCCCCCC(C)(CCCCCC)C(=O)NCCC(=O)OC. The molecule has 0 radical (unpaired) electrons. The van der Waals surface area contributed by atoms with Crippen molar-refractivity contribution in [2.75, 3.05) is 13.7 Å². The summed E-state index contributed by atoms with van der Waals surface area (Å²) in [5.74, 6) is -0.188. The molecule has 0 saturated heterocycles. The van der Waals surface area contributed by atoms with Crippen molar-refractivity contribution in [3.63, 3.8) is 0 Å². The molecule has 0 aromatic rings. The van der Waals surface area contributed by atoms with Crippen LogP contribution in [0.4, 0.5) is 0 Å². The first-order valence-electron chi connectivity index (χ1n) is 9.35. The predicted octanol–water partition coefficient (Wildman–Crippen LogP) is 4.61. The van der Waals surface area contributed by atoms with E-state index in [-0.39, 0.29) is 23.7 Å². The summed E-state index contributed by atoms with van der Waals surface area (Å²) in [5, 5.41) is 2.93. The van der Waals surface area contributed by atoms with E-state index < -0.39 is 0 Å². The highest BCUT2D eigenvalue weighted by molar-refractivity contribution is 5.82. The Morgan fingerprint density at radius 2 is 1.43 bits per heavy atom. The lowest BCUT2D eigenvalue weighted by atomic mass is 9.78. The molecule has 0 aliphatic heterocycles. The first-order chi connectivity index (χ1) is 11.0. The largest absolute Gasteiger partial charge is 0.469 e. The summed E-state index contributed by atoms with van der Waals surface area (Å²) in [6.45, 7) is 6.84. The lowest BCUT2D eigenvalue weighted by molar-refractivity contribution is -0.140. The monoisotopic (exact) mass is 327 g/mol. The molecule has 1 N–H and O–H groups in total. The van der Waals surface area contributed by atoms with Crippen molar-refractivity contribution in [3.05, 3.63) is 0 Å². The van der Waals surface area contributed by atoms with Crippen LogP contribution in [0.5, 0.6) is 0 Å². The average molecular weight is 328 g/mol.